The number of hydrogen-bond donors (Lipinski definition) is 2. The fourth-order valence-electron chi connectivity index (χ4n) is 1.97. The maximum absolute atomic E-state index is 11.8. The zero-order valence-corrected chi connectivity index (χ0v) is 11.6. The summed E-state index contributed by atoms with van der Waals surface area (Å²) in [5.74, 6) is 1.02. The molecular weight excluding hydrogens is 230 g/mol. The van der Waals surface area contributed by atoms with Gasteiger partial charge in [0.15, 0.2) is 5.76 Å². The van der Waals surface area contributed by atoms with Crippen LogP contribution in [0.5, 0.6) is 0 Å². The Hall–Kier alpha value is -1.29. The molecule has 1 aromatic rings. The minimum absolute atomic E-state index is 0.227. The Morgan fingerprint density at radius 1 is 1.39 bits per heavy atom. The molecule has 18 heavy (non-hydrogen) atoms. The van der Waals surface area contributed by atoms with Gasteiger partial charge < -0.3 is 14.8 Å². The number of aryl methyl sites for hydroxylation is 2. The van der Waals surface area contributed by atoms with E-state index >= 15 is 0 Å². The minimum atomic E-state index is -0.499. The highest BCUT2D eigenvalue weighted by Gasteiger charge is 2.18. The van der Waals surface area contributed by atoms with E-state index in [1.54, 1.807) is 6.07 Å². The van der Waals surface area contributed by atoms with Gasteiger partial charge in [-0.1, -0.05) is 26.7 Å². The number of carbonyl (C=O) groups excluding carboxylic acids is 1. The molecule has 1 heterocycles. The summed E-state index contributed by atoms with van der Waals surface area (Å²) in [4.78, 5) is 11.8. The number of nitrogens with one attached hydrogen (secondary N) is 1. The van der Waals surface area contributed by atoms with Crippen molar-refractivity contribution >= 4 is 5.91 Å². The molecule has 0 saturated carbocycles. The predicted molar refractivity (Wildman–Crippen MR) is 70.6 cm³/mol. The van der Waals surface area contributed by atoms with Crippen molar-refractivity contribution in [2.24, 2.45) is 5.92 Å². The quantitative estimate of drug-likeness (QED) is 0.818. The van der Waals surface area contributed by atoms with Crippen LogP contribution in [0.1, 0.15) is 48.6 Å². The number of carbonyl (C=O) groups is 1. The van der Waals surface area contributed by atoms with E-state index < -0.39 is 6.10 Å². The summed E-state index contributed by atoms with van der Waals surface area (Å²) in [5.41, 5.74) is 0.959. The zero-order chi connectivity index (χ0) is 13.7. The molecule has 102 valence electrons. The highest BCUT2D eigenvalue weighted by Crippen LogP contribution is 2.14. The normalized spacial score (nSPS) is 12.8. The lowest BCUT2D eigenvalue weighted by Gasteiger charge is -2.19. The van der Waals surface area contributed by atoms with Gasteiger partial charge in [0.05, 0.1) is 6.10 Å². The first-order chi connectivity index (χ1) is 8.49. The maximum atomic E-state index is 11.8. The van der Waals surface area contributed by atoms with Crippen LogP contribution < -0.4 is 5.32 Å². The van der Waals surface area contributed by atoms with E-state index in [9.17, 15) is 9.90 Å². The summed E-state index contributed by atoms with van der Waals surface area (Å²) in [7, 11) is 0. The Bertz CT molecular complexity index is 374. The van der Waals surface area contributed by atoms with Crippen molar-refractivity contribution in [2.45, 2.75) is 46.6 Å². The van der Waals surface area contributed by atoms with Gasteiger partial charge in [-0.25, -0.2) is 0 Å². The van der Waals surface area contributed by atoms with Crippen molar-refractivity contribution < 1.29 is 14.3 Å². The third-order valence-corrected chi connectivity index (χ3v) is 3.45. The zero-order valence-electron chi connectivity index (χ0n) is 11.6. The first-order valence-electron chi connectivity index (χ1n) is 6.52. The van der Waals surface area contributed by atoms with E-state index in [2.05, 4.69) is 5.32 Å². The van der Waals surface area contributed by atoms with Gasteiger partial charge in [-0.3, -0.25) is 4.79 Å². The molecule has 1 unspecified atom stereocenters. The van der Waals surface area contributed by atoms with Crippen LogP contribution in [0.15, 0.2) is 10.5 Å². The molecule has 0 aliphatic carbocycles. The van der Waals surface area contributed by atoms with Crippen LogP contribution in [0.3, 0.4) is 0 Å². The molecule has 1 aromatic heterocycles. The molecular formula is C14H23NO3. The SMILES string of the molecule is CCC(CC)C(O)CNC(=O)c1cc(C)c(C)o1. The van der Waals surface area contributed by atoms with Gasteiger partial charge >= 0.3 is 0 Å². The Balaban J connectivity index is 2.51. The second-order valence-corrected chi connectivity index (χ2v) is 4.70. The first kappa shape index (κ1) is 14.8. The monoisotopic (exact) mass is 253 g/mol. The molecule has 0 aliphatic rings. The van der Waals surface area contributed by atoms with Gasteiger partial charge in [0.1, 0.15) is 5.76 Å². The van der Waals surface area contributed by atoms with E-state index in [-0.39, 0.29) is 18.4 Å². The third-order valence-electron chi connectivity index (χ3n) is 3.45. The standard InChI is InChI=1S/C14H23NO3/c1-5-11(6-2)12(16)8-15-14(17)13-7-9(3)10(4)18-13/h7,11-12,16H,5-6,8H2,1-4H3,(H,15,17). The van der Waals surface area contributed by atoms with Crippen molar-refractivity contribution in [1.29, 1.82) is 0 Å². The summed E-state index contributed by atoms with van der Waals surface area (Å²) >= 11 is 0. The van der Waals surface area contributed by atoms with E-state index in [0.717, 1.165) is 24.2 Å². The van der Waals surface area contributed by atoms with Crippen molar-refractivity contribution in [2.75, 3.05) is 6.54 Å². The van der Waals surface area contributed by atoms with E-state index in [1.807, 2.05) is 27.7 Å². The summed E-state index contributed by atoms with van der Waals surface area (Å²) < 4.78 is 5.33. The minimum Gasteiger partial charge on any atom is -0.456 e. The lowest BCUT2D eigenvalue weighted by Crippen LogP contribution is -2.35. The van der Waals surface area contributed by atoms with Crippen LogP contribution in [0.25, 0.3) is 0 Å². The first-order valence-corrected chi connectivity index (χ1v) is 6.52. The number of aliphatic hydroxyl groups excluding tert-OH is 1. The molecule has 0 aromatic carbocycles. The van der Waals surface area contributed by atoms with Crippen LogP contribution >= 0.6 is 0 Å². The summed E-state index contributed by atoms with van der Waals surface area (Å²) in [6, 6.07) is 1.72. The second-order valence-electron chi connectivity index (χ2n) is 4.70. The fourth-order valence-corrected chi connectivity index (χ4v) is 1.97. The van der Waals surface area contributed by atoms with Crippen molar-refractivity contribution in [3.05, 3.63) is 23.2 Å². The number of rotatable bonds is 6. The van der Waals surface area contributed by atoms with Crippen LogP contribution in [-0.2, 0) is 0 Å². The molecule has 0 radical (unpaired) electrons. The van der Waals surface area contributed by atoms with E-state index in [1.165, 1.54) is 0 Å². The lowest BCUT2D eigenvalue weighted by molar-refractivity contribution is 0.0795. The average Bonchev–Trinajstić information content (AvgIpc) is 2.68. The van der Waals surface area contributed by atoms with Crippen molar-refractivity contribution in [1.82, 2.24) is 5.32 Å². The summed E-state index contributed by atoms with van der Waals surface area (Å²) in [6.45, 7) is 8.07. The van der Waals surface area contributed by atoms with Crippen molar-refractivity contribution in [3.63, 3.8) is 0 Å². The number of hydrogen-bond acceptors (Lipinski definition) is 3. The lowest BCUT2D eigenvalue weighted by atomic mass is 9.96. The smallest absolute Gasteiger partial charge is 0.287 e. The highest BCUT2D eigenvalue weighted by atomic mass is 16.3. The van der Waals surface area contributed by atoms with Crippen LogP contribution in [0.4, 0.5) is 0 Å². The largest absolute Gasteiger partial charge is 0.456 e. The van der Waals surface area contributed by atoms with Gasteiger partial charge in [0.2, 0.25) is 0 Å². The van der Waals surface area contributed by atoms with E-state index in [4.69, 9.17) is 4.42 Å². The Labute approximate surface area is 108 Å². The Morgan fingerprint density at radius 3 is 2.44 bits per heavy atom. The molecule has 2 N–H and O–H groups in total. The maximum Gasteiger partial charge on any atom is 0.287 e. The van der Waals surface area contributed by atoms with Gasteiger partial charge in [-0.15, -0.1) is 0 Å². The molecule has 0 aliphatic heterocycles. The molecule has 0 saturated heterocycles. The fraction of sp³-hybridized carbons (Fsp3) is 0.643. The van der Waals surface area contributed by atoms with Gasteiger partial charge in [0, 0.05) is 6.54 Å². The van der Waals surface area contributed by atoms with Crippen LogP contribution in [-0.4, -0.2) is 23.7 Å². The molecule has 0 spiro atoms. The van der Waals surface area contributed by atoms with Crippen LogP contribution in [0, 0.1) is 19.8 Å². The molecule has 0 bridgehead atoms. The Morgan fingerprint density at radius 2 is 2.00 bits per heavy atom. The predicted octanol–water partition coefficient (Wildman–Crippen LogP) is 2.42. The topological polar surface area (TPSA) is 62.5 Å². The summed E-state index contributed by atoms with van der Waals surface area (Å²) in [5, 5.41) is 12.6. The second kappa shape index (κ2) is 6.59. The molecule has 4 nitrogen and oxygen atoms in total. The van der Waals surface area contributed by atoms with Crippen LogP contribution in [0.2, 0.25) is 0 Å². The molecule has 0 fully saturated rings. The summed E-state index contributed by atoms with van der Waals surface area (Å²) in [6.07, 6.45) is 1.32. The van der Waals surface area contributed by atoms with Gasteiger partial charge in [0.25, 0.3) is 5.91 Å². The molecule has 4 heteroatoms. The molecule has 1 atom stereocenters. The van der Waals surface area contributed by atoms with Gasteiger partial charge in [-0.05, 0) is 31.4 Å². The Kier molecular flexibility index (Phi) is 5.41. The number of furan rings is 1. The van der Waals surface area contributed by atoms with Crippen molar-refractivity contribution in [3.8, 4) is 0 Å². The molecule has 1 rings (SSSR count). The third kappa shape index (κ3) is 3.60. The number of aliphatic hydroxyl groups is 1. The van der Waals surface area contributed by atoms with Gasteiger partial charge in [-0.2, -0.15) is 0 Å². The highest BCUT2D eigenvalue weighted by molar-refractivity contribution is 5.91. The molecule has 1 amide bonds. The number of amides is 1. The van der Waals surface area contributed by atoms with E-state index in [0.29, 0.717) is 5.76 Å². The average molecular weight is 253 g/mol.